The lowest BCUT2D eigenvalue weighted by molar-refractivity contribution is -0.118. The quantitative estimate of drug-likeness (QED) is 0.599. The average molecular weight is 467 g/mol. The van der Waals surface area contributed by atoms with Crippen molar-refractivity contribution in [3.63, 3.8) is 0 Å². The molecule has 0 radical (unpaired) electrons. The molecule has 1 aromatic heterocycles. The third kappa shape index (κ3) is 6.03. The Hall–Kier alpha value is -1.96. The lowest BCUT2D eigenvalue weighted by Crippen LogP contribution is -2.44. The molecule has 1 aromatic carbocycles. The summed E-state index contributed by atoms with van der Waals surface area (Å²) >= 11 is 13.6. The molecule has 1 aliphatic heterocycles. The molecule has 9 heteroatoms. The van der Waals surface area contributed by atoms with Crippen LogP contribution in [-0.4, -0.2) is 47.9 Å². The highest BCUT2D eigenvalue weighted by Crippen LogP contribution is 2.22. The lowest BCUT2D eigenvalue weighted by atomic mass is 10.1. The Balaban J connectivity index is 1.66. The number of anilines is 2. The third-order valence-electron chi connectivity index (χ3n) is 4.88. The van der Waals surface area contributed by atoms with E-state index in [9.17, 15) is 9.59 Å². The minimum Gasteiger partial charge on any atom is -0.370 e. The van der Waals surface area contributed by atoms with Gasteiger partial charge in [-0.3, -0.25) is 9.59 Å². The van der Waals surface area contributed by atoms with Crippen molar-refractivity contribution < 1.29 is 9.59 Å². The SMILES string of the molecule is CSCCC(NC(=O)c1ccc(Cl)cc1Cl)C(=O)Nc1ccc(N2CCCC2)cn1. The van der Waals surface area contributed by atoms with Gasteiger partial charge in [0.15, 0.2) is 0 Å². The van der Waals surface area contributed by atoms with Gasteiger partial charge in [-0.25, -0.2) is 4.98 Å². The molecule has 2 N–H and O–H groups in total. The van der Waals surface area contributed by atoms with E-state index in [0.717, 1.165) is 18.8 Å². The number of carbonyl (C=O) groups excluding carboxylic acids is 2. The molecule has 0 bridgehead atoms. The largest absolute Gasteiger partial charge is 0.370 e. The Morgan fingerprint density at radius 1 is 1.20 bits per heavy atom. The standard InChI is InChI=1S/C21H24Cl2N4O2S/c1-30-11-8-18(25-20(28)16-6-4-14(22)12-17(16)23)21(29)26-19-7-5-15(13-24-19)27-9-2-3-10-27/h4-7,12-13,18H,2-3,8-11H2,1H3,(H,25,28)(H,24,26,29). The summed E-state index contributed by atoms with van der Waals surface area (Å²) in [4.78, 5) is 32.1. The van der Waals surface area contributed by atoms with Crippen LogP contribution in [0, 0.1) is 0 Å². The first-order chi connectivity index (χ1) is 14.5. The lowest BCUT2D eigenvalue weighted by Gasteiger charge is -2.19. The highest BCUT2D eigenvalue weighted by molar-refractivity contribution is 7.98. The molecule has 1 aliphatic rings. The second-order valence-corrected chi connectivity index (χ2v) is 8.85. The zero-order chi connectivity index (χ0) is 21.5. The van der Waals surface area contributed by atoms with Crippen LogP contribution in [0.4, 0.5) is 11.5 Å². The van der Waals surface area contributed by atoms with Crippen LogP contribution < -0.4 is 15.5 Å². The molecule has 160 valence electrons. The summed E-state index contributed by atoms with van der Waals surface area (Å²) in [7, 11) is 0. The number of amides is 2. The minimum atomic E-state index is -0.711. The fourth-order valence-corrected chi connectivity index (χ4v) is 4.22. The van der Waals surface area contributed by atoms with E-state index in [4.69, 9.17) is 23.2 Å². The zero-order valence-corrected chi connectivity index (χ0v) is 19.0. The van der Waals surface area contributed by atoms with E-state index >= 15 is 0 Å². The van der Waals surface area contributed by atoms with Gasteiger partial charge in [0.1, 0.15) is 11.9 Å². The van der Waals surface area contributed by atoms with Crippen molar-refractivity contribution in [1.82, 2.24) is 10.3 Å². The highest BCUT2D eigenvalue weighted by Gasteiger charge is 2.23. The molecule has 2 amide bonds. The van der Waals surface area contributed by atoms with Crippen LogP contribution in [0.25, 0.3) is 0 Å². The molecule has 30 heavy (non-hydrogen) atoms. The summed E-state index contributed by atoms with van der Waals surface area (Å²) in [5, 5.41) is 6.26. The molecule has 1 unspecified atom stereocenters. The Morgan fingerprint density at radius 2 is 1.97 bits per heavy atom. The van der Waals surface area contributed by atoms with Gasteiger partial charge in [0.25, 0.3) is 5.91 Å². The van der Waals surface area contributed by atoms with Crippen molar-refractivity contribution in [2.75, 3.05) is 35.3 Å². The van der Waals surface area contributed by atoms with Crippen LogP contribution >= 0.6 is 35.0 Å². The fraction of sp³-hybridized carbons (Fsp3) is 0.381. The number of hydrogen-bond donors (Lipinski definition) is 2. The minimum absolute atomic E-state index is 0.239. The van der Waals surface area contributed by atoms with Crippen LogP contribution in [0.2, 0.25) is 10.0 Å². The number of nitrogens with zero attached hydrogens (tertiary/aromatic N) is 2. The smallest absolute Gasteiger partial charge is 0.253 e. The van der Waals surface area contributed by atoms with Crippen LogP contribution in [0.5, 0.6) is 0 Å². The van der Waals surface area contributed by atoms with Gasteiger partial charge in [0, 0.05) is 18.1 Å². The average Bonchev–Trinajstić information content (AvgIpc) is 3.26. The van der Waals surface area contributed by atoms with Crippen LogP contribution in [0.1, 0.15) is 29.6 Å². The number of rotatable bonds is 8. The maximum atomic E-state index is 12.8. The Kier molecular flexibility index (Phi) is 8.24. The molecular formula is C21H24Cl2N4O2S. The van der Waals surface area contributed by atoms with Crippen molar-refractivity contribution in [3.8, 4) is 0 Å². The number of benzene rings is 1. The second-order valence-electron chi connectivity index (χ2n) is 7.02. The van der Waals surface area contributed by atoms with Crippen LogP contribution in [0.3, 0.4) is 0 Å². The van der Waals surface area contributed by atoms with E-state index < -0.39 is 11.9 Å². The monoisotopic (exact) mass is 466 g/mol. The van der Waals surface area contributed by atoms with Crippen molar-refractivity contribution in [1.29, 1.82) is 0 Å². The summed E-state index contributed by atoms with van der Waals surface area (Å²) in [5.41, 5.74) is 1.33. The van der Waals surface area contributed by atoms with Gasteiger partial charge in [-0.15, -0.1) is 0 Å². The van der Waals surface area contributed by atoms with Gasteiger partial charge >= 0.3 is 0 Å². The Labute approximate surface area is 190 Å². The molecule has 3 rings (SSSR count). The summed E-state index contributed by atoms with van der Waals surface area (Å²) in [6.07, 6.45) is 6.57. The van der Waals surface area contributed by atoms with Crippen molar-refractivity contribution in [2.24, 2.45) is 0 Å². The van der Waals surface area contributed by atoms with E-state index in [1.54, 1.807) is 36.2 Å². The Bertz CT molecular complexity index is 889. The maximum Gasteiger partial charge on any atom is 0.253 e. The fourth-order valence-electron chi connectivity index (χ4n) is 3.25. The third-order valence-corrected chi connectivity index (χ3v) is 6.07. The van der Waals surface area contributed by atoms with Crippen LogP contribution in [0.15, 0.2) is 36.5 Å². The molecule has 1 fully saturated rings. The van der Waals surface area contributed by atoms with Crippen molar-refractivity contribution >= 4 is 58.3 Å². The molecule has 0 spiro atoms. The number of carbonyl (C=O) groups is 2. The van der Waals surface area contributed by atoms with E-state index in [1.165, 1.54) is 18.9 Å². The number of halogens is 2. The topological polar surface area (TPSA) is 74.3 Å². The van der Waals surface area contributed by atoms with E-state index in [1.807, 2.05) is 12.3 Å². The molecule has 0 saturated carbocycles. The number of aromatic nitrogens is 1. The van der Waals surface area contributed by atoms with Gasteiger partial charge in [-0.1, -0.05) is 23.2 Å². The van der Waals surface area contributed by atoms with Gasteiger partial charge in [0.2, 0.25) is 5.91 Å². The van der Waals surface area contributed by atoms with Gasteiger partial charge in [-0.05, 0) is 61.6 Å². The molecule has 2 heterocycles. The molecule has 1 saturated heterocycles. The predicted molar refractivity (Wildman–Crippen MR) is 125 cm³/mol. The first kappa shape index (κ1) is 22.7. The summed E-state index contributed by atoms with van der Waals surface area (Å²) in [6.45, 7) is 2.06. The molecular weight excluding hydrogens is 443 g/mol. The van der Waals surface area contributed by atoms with E-state index in [0.29, 0.717) is 23.0 Å². The van der Waals surface area contributed by atoms with E-state index in [2.05, 4.69) is 20.5 Å². The first-order valence-electron chi connectivity index (χ1n) is 9.74. The van der Waals surface area contributed by atoms with Crippen molar-refractivity contribution in [3.05, 3.63) is 52.1 Å². The number of thioether (sulfide) groups is 1. The summed E-state index contributed by atoms with van der Waals surface area (Å²) in [5.74, 6) is 0.434. The van der Waals surface area contributed by atoms with Gasteiger partial charge in [-0.2, -0.15) is 11.8 Å². The molecule has 1 atom stereocenters. The van der Waals surface area contributed by atoms with Gasteiger partial charge < -0.3 is 15.5 Å². The number of pyridine rings is 1. The number of nitrogens with one attached hydrogen (secondary N) is 2. The summed E-state index contributed by atoms with van der Waals surface area (Å²) < 4.78 is 0. The maximum absolute atomic E-state index is 12.8. The van der Waals surface area contributed by atoms with E-state index in [-0.39, 0.29) is 16.5 Å². The highest BCUT2D eigenvalue weighted by atomic mass is 35.5. The molecule has 0 aliphatic carbocycles. The van der Waals surface area contributed by atoms with Crippen molar-refractivity contribution in [2.45, 2.75) is 25.3 Å². The zero-order valence-electron chi connectivity index (χ0n) is 16.7. The normalized spacial score (nSPS) is 14.4. The number of hydrogen-bond acceptors (Lipinski definition) is 5. The second kappa shape index (κ2) is 10.9. The first-order valence-corrected chi connectivity index (χ1v) is 11.9. The molecule has 6 nitrogen and oxygen atoms in total. The summed E-state index contributed by atoms with van der Waals surface area (Å²) in [6, 6.07) is 7.66. The predicted octanol–water partition coefficient (Wildman–Crippen LogP) is 4.48. The van der Waals surface area contributed by atoms with Gasteiger partial charge in [0.05, 0.1) is 22.5 Å². The Morgan fingerprint density at radius 3 is 2.60 bits per heavy atom. The van der Waals surface area contributed by atoms with Crippen LogP contribution in [-0.2, 0) is 4.79 Å². The molecule has 2 aromatic rings.